The van der Waals surface area contributed by atoms with Crippen LogP contribution >= 0.6 is 0 Å². The zero-order chi connectivity index (χ0) is 40.9. The van der Waals surface area contributed by atoms with Crippen molar-refractivity contribution in [2.45, 2.75) is 209 Å². The van der Waals surface area contributed by atoms with Gasteiger partial charge in [0.05, 0.1) is 43.2 Å². The summed E-state index contributed by atoms with van der Waals surface area (Å²) in [6.45, 7) is 14.5. The van der Waals surface area contributed by atoms with Gasteiger partial charge in [-0.2, -0.15) is 0 Å². The first-order valence-corrected chi connectivity index (χ1v) is 21.7. The Bertz CT molecular complexity index is 1510. The maximum Gasteiger partial charge on any atom is 0.335 e. The third-order valence-corrected chi connectivity index (χ3v) is 14.0. The number of aliphatic carboxylic acids is 1. The Morgan fingerprint density at radius 2 is 1.75 bits per heavy atom. The molecule has 17 atom stereocenters. The van der Waals surface area contributed by atoms with E-state index in [9.17, 15) is 30.3 Å². The van der Waals surface area contributed by atoms with Gasteiger partial charge in [-0.1, -0.05) is 45.1 Å². The summed E-state index contributed by atoms with van der Waals surface area (Å²) >= 11 is 0. The summed E-state index contributed by atoms with van der Waals surface area (Å²) in [5, 5.41) is 54.0. The van der Waals surface area contributed by atoms with Crippen LogP contribution in [0.4, 0.5) is 0 Å². The molecule has 0 saturated carbocycles. The minimum atomic E-state index is -1.96. The number of hydrogen-bond acceptors (Lipinski definition) is 12. The van der Waals surface area contributed by atoms with E-state index < -0.39 is 71.7 Å². The molecule has 3 spiro atoms. The smallest absolute Gasteiger partial charge is 0.335 e. The van der Waals surface area contributed by atoms with E-state index in [0.717, 1.165) is 50.7 Å². The molecular weight excluding hydrogens is 736 g/mol. The predicted molar refractivity (Wildman–Crippen MR) is 208 cm³/mol. The summed E-state index contributed by atoms with van der Waals surface area (Å²) in [4.78, 5) is 11.6. The Balaban J connectivity index is 0.920. The molecule has 0 aromatic heterocycles. The third-order valence-electron chi connectivity index (χ3n) is 14.0. The van der Waals surface area contributed by atoms with Crippen molar-refractivity contribution in [3.63, 3.8) is 0 Å². The van der Waals surface area contributed by atoms with Gasteiger partial charge in [0, 0.05) is 38.0 Å². The lowest BCUT2D eigenvalue weighted by Gasteiger charge is -2.50. The van der Waals surface area contributed by atoms with Crippen LogP contribution in [-0.4, -0.2) is 122 Å². The summed E-state index contributed by atoms with van der Waals surface area (Å²) < 4.78 is 45.2. The number of aliphatic hydroxyl groups is 4. The van der Waals surface area contributed by atoms with Crippen LogP contribution in [0.1, 0.15) is 125 Å². The standard InChI is InChI=1S/C44H68O13/c1-25-21-34(55-44(23-25)35(46)12-11-31(54-44)24-41(6,50)40(48)49)26(2)9-10-30-14-18-43(53-30)19-15-33-39(57-43)36(47)29(5)38(52-33)32(45)22-28(4)37-27(3)13-17-42(56-37)16-7-8-20-51-42/h9-10,23,26-28,30-39,45-47,50H,5,7-8,11-22,24H2,1-4,6H3,(H,48,49)/b10-9-/t26-,27-,28+,30+,31+,32+,33-,34+,35-,36-,37+,38+,39-,41-,42+,43+,44-/m1/s1. The van der Waals surface area contributed by atoms with Gasteiger partial charge in [0.15, 0.2) is 17.2 Å². The summed E-state index contributed by atoms with van der Waals surface area (Å²) in [5.41, 5.74) is -0.551. The minimum absolute atomic E-state index is 0.0423. The molecule has 7 aliphatic heterocycles. The van der Waals surface area contributed by atoms with Crippen LogP contribution in [0, 0.1) is 17.8 Å². The van der Waals surface area contributed by atoms with Crippen LogP contribution in [0.3, 0.4) is 0 Å². The summed E-state index contributed by atoms with van der Waals surface area (Å²) in [6, 6.07) is 0. The Hall–Kier alpha value is -1.75. The monoisotopic (exact) mass is 804 g/mol. The van der Waals surface area contributed by atoms with E-state index in [2.05, 4.69) is 26.5 Å². The van der Waals surface area contributed by atoms with Gasteiger partial charge in [0.2, 0.25) is 5.79 Å². The molecule has 57 heavy (non-hydrogen) atoms. The molecule has 5 N–H and O–H groups in total. The van der Waals surface area contributed by atoms with Crippen molar-refractivity contribution in [1.82, 2.24) is 0 Å². The lowest BCUT2D eigenvalue weighted by Crippen LogP contribution is -2.60. The van der Waals surface area contributed by atoms with Crippen LogP contribution in [0.15, 0.2) is 36.0 Å². The molecule has 0 radical (unpaired) electrons. The first kappa shape index (κ1) is 43.3. The Morgan fingerprint density at radius 1 is 1.00 bits per heavy atom. The maximum absolute atomic E-state index is 11.6. The molecular formula is C44H68O13. The largest absolute Gasteiger partial charge is 0.479 e. The fraction of sp³-hybridized carbons (Fsp3) is 0.841. The topological polar surface area (TPSA) is 183 Å². The van der Waals surface area contributed by atoms with Crippen molar-refractivity contribution in [3.8, 4) is 0 Å². The van der Waals surface area contributed by atoms with Crippen LogP contribution in [0.5, 0.6) is 0 Å². The number of hydrogen-bond donors (Lipinski definition) is 5. The van der Waals surface area contributed by atoms with E-state index in [1.165, 1.54) is 6.92 Å². The quantitative estimate of drug-likeness (QED) is 0.182. The van der Waals surface area contributed by atoms with Crippen LogP contribution in [0.25, 0.3) is 0 Å². The molecule has 13 nitrogen and oxygen atoms in total. The number of aliphatic hydroxyl groups excluding tert-OH is 3. The average Bonchev–Trinajstić information content (AvgIpc) is 3.56. The number of rotatable bonds is 10. The van der Waals surface area contributed by atoms with Gasteiger partial charge in [-0.15, -0.1) is 0 Å². The van der Waals surface area contributed by atoms with E-state index in [0.29, 0.717) is 56.4 Å². The molecule has 0 unspecified atom stereocenters. The van der Waals surface area contributed by atoms with Crippen molar-refractivity contribution in [3.05, 3.63) is 36.0 Å². The first-order valence-electron chi connectivity index (χ1n) is 21.7. The molecule has 0 amide bonds. The lowest BCUT2D eigenvalue weighted by molar-refractivity contribution is -0.321. The van der Waals surface area contributed by atoms with Crippen molar-refractivity contribution in [1.29, 1.82) is 0 Å². The molecule has 7 aliphatic rings. The Kier molecular flexibility index (Phi) is 12.9. The summed E-state index contributed by atoms with van der Waals surface area (Å²) in [6.07, 6.45) is 9.37. The molecule has 7 heterocycles. The van der Waals surface area contributed by atoms with Gasteiger partial charge in [-0.3, -0.25) is 0 Å². The third kappa shape index (κ3) is 9.15. The van der Waals surface area contributed by atoms with Crippen LogP contribution in [0.2, 0.25) is 0 Å². The first-order chi connectivity index (χ1) is 26.9. The van der Waals surface area contributed by atoms with Gasteiger partial charge in [-0.25, -0.2) is 4.79 Å². The van der Waals surface area contributed by atoms with Crippen molar-refractivity contribution in [2.75, 3.05) is 6.61 Å². The fourth-order valence-electron chi connectivity index (χ4n) is 10.5. The highest BCUT2D eigenvalue weighted by Crippen LogP contribution is 2.47. The number of ether oxygens (including phenoxy) is 7. The normalized spacial score (nSPS) is 45.4. The molecule has 0 aromatic carbocycles. The second-order valence-electron chi connectivity index (χ2n) is 18.9. The highest BCUT2D eigenvalue weighted by molar-refractivity contribution is 5.76. The molecule has 6 fully saturated rings. The van der Waals surface area contributed by atoms with Gasteiger partial charge in [0.25, 0.3) is 0 Å². The van der Waals surface area contributed by atoms with Crippen molar-refractivity contribution in [2.24, 2.45) is 17.8 Å². The summed E-state index contributed by atoms with van der Waals surface area (Å²) in [5.74, 6) is -3.82. The maximum atomic E-state index is 11.6. The second kappa shape index (κ2) is 17.0. The van der Waals surface area contributed by atoms with E-state index in [1.54, 1.807) is 6.08 Å². The number of fused-ring (bicyclic) bond motifs is 1. The van der Waals surface area contributed by atoms with E-state index in [4.69, 9.17) is 33.2 Å². The lowest BCUT2D eigenvalue weighted by atomic mass is 9.79. The predicted octanol–water partition coefficient (Wildman–Crippen LogP) is 5.21. The van der Waals surface area contributed by atoms with Crippen molar-refractivity contribution >= 4 is 5.97 Å². The Morgan fingerprint density at radius 3 is 2.49 bits per heavy atom. The van der Waals surface area contributed by atoms with E-state index >= 15 is 0 Å². The molecule has 6 saturated heterocycles. The second-order valence-corrected chi connectivity index (χ2v) is 18.9. The molecule has 0 bridgehead atoms. The highest BCUT2D eigenvalue weighted by Gasteiger charge is 2.55. The zero-order valence-electron chi connectivity index (χ0n) is 34.6. The fourth-order valence-corrected chi connectivity index (χ4v) is 10.5. The molecule has 0 aliphatic carbocycles. The molecule has 13 heteroatoms. The molecule has 0 aromatic rings. The summed E-state index contributed by atoms with van der Waals surface area (Å²) in [7, 11) is 0. The number of carboxylic acid groups (broad SMARTS) is 1. The van der Waals surface area contributed by atoms with E-state index in [-0.39, 0.29) is 36.6 Å². The zero-order valence-corrected chi connectivity index (χ0v) is 34.6. The van der Waals surface area contributed by atoms with Gasteiger partial charge in [-0.05, 0) is 95.1 Å². The minimum Gasteiger partial charge on any atom is -0.479 e. The molecule has 7 rings (SSSR count). The van der Waals surface area contributed by atoms with Crippen LogP contribution in [-0.2, 0) is 38.0 Å². The Labute approximate surface area is 337 Å². The number of carboxylic acids is 1. The number of carbonyl (C=O) groups is 1. The molecule has 322 valence electrons. The van der Waals surface area contributed by atoms with Crippen molar-refractivity contribution < 1.29 is 63.5 Å². The van der Waals surface area contributed by atoms with Crippen LogP contribution < -0.4 is 0 Å². The van der Waals surface area contributed by atoms with E-state index in [1.807, 2.05) is 19.9 Å². The van der Waals surface area contributed by atoms with Gasteiger partial charge >= 0.3 is 5.97 Å². The SMILES string of the molecule is C=C1[C@@H](O)[C@@H]2O[C@@]3(CC[C@H](/C=C\[C@@H](C)[C@@H]4CC(C)=C[C@@]5(O[C@H](C[C@@](C)(O)C(=O)O)CC[C@H]5O)O4)O3)CC[C@H]2O[C@@H]1[C@@H](O)C[C@H](C)[C@H]1O[C@@]2(CCCCO2)CC[C@H]1C. The van der Waals surface area contributed by atoms with Gasteiger partial charge in [0.1, 0.15) is 24.4 Å². The van der Waals surface area contributed by atoms with Gasteiger partial charge < -0.3 is 58.7 Å². The highest BCUT2D eigenvalue weighted by atomic mass is 16.7. The average molecular weight is 805 g/mol.